The Labute approximate surface area is 236 Å². The molecule has 0 spiro atoms. The number of aliphatic hydroxyl groups excluding tert-OH is 1. The fourth-order valence-electron chi connectivity index (χ4n) is 4.68. The summed E-state index contributed by atoms with van der Waals surface area (Å²) in [7, 11) is 0. The Morgan fingerprint density at radius 1 is 1.02 bits per heavy atom. The number of esters is 1. The van der Waals surface area contributed by atoms with Gasteiger partial charge in [0.2, 0.25) is 11.8 Å². The van der Waals surface area contributed by atoms with Gasteiger partial charge < -0.3 is 24.8 Å². The molecule has 2 aromatic rings. The highest BCUT2D eigenvalue weighted by Crippen LogP contribution is 2.25. The Morgan fingerprint density at radius 3 is 2.45 bits per heavy atom. The second-order valence-electron chi connectivity index (χ2n) is 9.97. The van der Waals surface area contributed by atoms with Crippen molar-refractivity contribution >= 4 is 17.8 Å². The van der Waals surface area contributed by atoms with Crippen molar-refractivity contribution in [2.45, 2.75) is 57.3 Å². The van der Waals surface area contributed by atoms with E-state index in [0.717, 1.165) is 16.7 Å². The van der Waals surface area contributed by atoms with Crippen molar-refractivity contribution in [3.05, 3.63) is 96.6 Å². The molecule has 2 aromatic carbocycles. The summed E-state index contributed by atoms with van der Waals surface area (Å²) in [5.41, 5.74) is 3.14. The van der Waals surface area contributed by atoms with Crippen LogP contribution >= 0.6 is 0 Å². The number of rotatable bonds is 16. The van der Waals surface area contributed by atoms with Crippen LogP contribution in [0.4, 0.5) is 0 Å². The molecule has 1 heterocycles. The first-order valence-electron chi connectivity index (χ1n) is 13.7. The predicted octanol–water partition coefficient (Wildman–Crippen LogP) is 3.73. The molecule has 0 aromatic heterocycles. The number of fused-ring (bicyclic) bond motifs is 1. The molecule has 2 N–H and O–H groups in total. The van der Waals surface area contributed by atoms with E-state index in [1.807, 2.05) is 54.6 Å². The van der Waals surface area contributed by atoms with E-state index in [4.69, 9.17) is 9.47 Å². The van der Waals surface area contributed by atoms with E-state index in [0.29, 0.717) is 32.4 Å². The van der Waals surface area contributed by atoms with Crippen molar-refractivity contribution in [2.75, 3.05) is 19.8 Å². The quantitative estimate of drug-likeness (QED) is 0.245. The highest BCUT2D eigenvalue weighted by atomic mass is 16.5. The monoisotopic (exact) mass is 548 g/mol. The molecule has 0 aliphatic carbocycles. The van der Waals surface area contributed by atoms with Gasteiger partial charge in [-0.3, -0.25) is 14.4 Å². The third-order valence-corrected chi connectivity index (χ3v) is 6.90. The molecule has 0 bridgehead atoms. The summed E-state index contributed by atoms with van der Waals surface area (Å²) in [6, 6.07) is 16.6. The second-order valence-corrected chi connectivity index (χ2v) is 9.97. The first kappa shape index (κ1) is 30.8. The van der Waals surface area contributed by atoms with Crippen LogP contribution in [0.15, 0.2) is 79.9 Å². The largest absolute Gasteiger partial charge is 0.463 e. The molecule has 0 saturated carbocycles. The van der Waals surface area contributed by atoms with Gasteiger partial charge in [-0.15, -0.1) is 13.2 Å². The minimum absolute atomic E-state index is 0.0345. The number of carbonyl (C=O) groups is 3. The molecule has 2 amide bonds. The molecule has 3 atom stereocenters. The van der Waals surface area contributed by atoms with Crippen LogP contribution in [0.3, 0.4) is 0 Å². The molecule has 0 radical (unpaired) electrons. The average Bonchev–Trinajstić information content (AvgIpc) is 2.98. The Morgan fingerprint density at radius 2 is 1.75 bits per heavy atom. The van der Waals surface area contributed by atoms with E-state index in [9.17, 15) is 19.5 Å². The number of aliphatic hydroxyl groups is 1. The van der Waals surface area contributed by atoms with Gasteiger partial charge in [-0.05, 0) is 36.0 Å². The zero-order valence-electron chi connectivity index (χ0n) is 23.0. The molecule has 1 aliphatic heterocycles. The van der Waals surface area contributed by atoms with Crippen LogP contribution in [-0.2, 0) is 43.4 Å². The number of ether oxygens (including phenoxy) is 2. The van der Waals surface area contributed by atoms with Gasteiger partial charge in [0.25, 0.3) is 0 Å². The highest BCUT2D eigenvalue weighted by Gasteiger charge is 2.32. The maximum absolute atomic E-state index is 13.4. The standard InChI is InChI=1S/C32H40N2O6/c1-3-5-16-31(37)40-23-28(22-39-21-24-12-7-6-8-13-24)33-32(38)26(11-4-2)18-30(36)34-19-27-15-10-9-14-25(27)17-29(34)20-35/h3-4,6-10,12-15,26,28-29,35H,1-2,5,11,16-23H2,(H,33,38)/t26-,28+,29+/m1/s1. The minimum atomic E-state index is -0.672. The van der Waals surface area contributed by atoms with E-state index in [-0.39, 0.29) is 56.5 Å². The average molecular weight is 549 g/mol. The van der Waals surface area contributed by atoms with E-state index < -0.39 is 12.0 Å². The summed E-state index contributed by atoms with van der Waals surface area (Å²) in [5.74, 6) is -1.61. The topological polar surface area (TPSA) is 105 Å². The zero-order valence-corrected chi connectivity index (χ0v) is 23.0. The molecule has 8 heteroatoms. The Kier molecular flexibility index (Phi) is 12.6. The molecule has 214 valence electrons. The number of hydrogen-bond acceptors (Lipinski definition) is 6. The number of benzene rings is 2. The lowest BCUT2D eigenvalue weighted by molar-refractivity contribution is -0.146. The SMILES string of the molecule is C=CCCC(=O)OC[C@H](COCc1ccccc1)NC(=O)[C@H](CC=C)CC(=O)N1Cc2ccccc2C[C@H]1CO. The van der Waals surface area contributed by atoms with Crippen molar-refractivity contribution in [2.24, 2.45) is 5.92 Å². The van der Waals surface area contributed by atoms with Gasteiger partial charge in [0.05, 0.1) is 37.8 Å². The van der Waals surface area contributed by atoms with Crippen molar-refractivity contribution in [1.82, 2.24) is 10.2 Å². The van der Waals surface area contributed by atoms with Crippen LogP contribution in [0, 0.1) is 5.92 Å². The van der Waals surface area contributed by atoms with E-state index in [1.165, 1.54) is 0 Å². The van der Waals surface area contributed by atoms with Crippen LogP contribution in [0.2, 0.25) is 0 Å². The maximum atomic E-state index is 13.4. The summed E-state index contributed by atoms with van der Waals surface area (Å²) in [4.78, 5) is 40.5. The third kappa shape index (κ3) is 9.47. The number of hydrogen-bond donors (Lipinski definition) is 2. The molecule has 8 nitrogen and oxygen atoms in total. The molecular weight excluding hydrogens is 508 g/mol. The smallest absolute Gasteiger partial charge is 0.306 e. The fourth-order valence-corrected chi connectivity index (χ4v) is 4.68. The van der Waals surface area contributed by atoms with Gasteiger partial charge in [0, 0.05) is 19.4 Å². The van der Waals surface area contributed by atoms with Gasteiger partial charge in [-0.25, -0.2) is 0 Å². The van der Waals surface area contributed by atoms with Gasteiger partial charge in [0.15, 0.2) is 0 Å². The Bertz CT molecular complexity index is 1140. The van der Waals surface area contributed by atoms with Crippen LogP contribution < -0.4 is 5.32 Å². The van der Waals surface area contributed by atoms with Crippen LogP contribution in [0.5, 0.6) is 0 Å². The maximum Gasteiger partial charge on any atom is 0.306 e. The summed E-state index contributed by atoms with van der Waals surface area (Å²) in [5, 5.41) is 12.9. The minimum Gasteiger partial charge on any atom is -0.463 e. The number of nitrogens with one attached hydrogen (secondary N) is 1. The number of amides is 2. The molecule has 0 unspecified atom stereocenters. The highest BCUT2D eigenvalue weighted by molar-refractivity contribution is 5.86. The molecule has 40 heavy (non-hydrogen) atoms. The Balaban J connectivity index is 1.64. The van der Waals surface area contributed by atoms with Crippen molar-refractivity contribution in [3.63, 3.8) is 0 Å². The van der Waals surface area contributed by atoms with Crippen molar-refractivity contribution in [1.29, 1.82) is 0 Å². The summed E-state index contributed by atoms with van der Waals surface area (Å²) in [6.07, 6.45) is 4.78. The van der Waals surface area contributed by atoms with Crippen LogP contribution in [-0.4, -0.2) is 59.7 Å². The van der Waals surface area contributed by atoms with E-state index in [2.05, 4.69) is 18.5 Å². The summed E-state index contributed by atoms with van der Waals surface area (Å²) >= 11 is 0. The predicted molar refractivity (Wildman–Crippen MR) is 153 cm³/mol. The van der Waals surface area contributed by atoms with Gasteiger partial charge in [-0.1, -0.05) is 66.7 Å². The zero-order chi connectivity index (χ0) is 28.7. The molecule has 0 saturated heterocycles. The van der Waals surface area contributed by atoms with Crippen molar-refractivity contribution < 1.29 is 29.0 Å². The van der Waals surface area contributed by atoms with Crippen molar-refractivity contribution in [3.8, 4) is 0 Å². The lowest BCUT2D eigenvalue weighted by atomic mass is 9.92. The lowest BCUT2D eigenvalue weighted by Gasteiger charge is -2.36. The lowest BCUT2D eigenvalue weighted by Crippen LogP contribution is -2.49. The third-order valence-electron chi connectivity index (χ3n) is 6.90. The number of allylic oxidation sites excluding steroid dienone is 2. The first-order chi connectivity index (χ1) is 19.4. The Hall–Kier alpha value is -3.75. The van der Waals surface area contributed by atoms with Gasteiger partial charge in [0.1, 0.15) is 6.61 Å². The summed E-state index contributed by atoms with van der Waals surface area (Å²) < 4.78 is 11.2. The molecule has 0 fully saturated rings. The second kappa shape index (κ2) is 16.4. The van der Waals surface area contributed by atoms with Gasteiger partial charge in [-0.2, -0.15) is 0 Å². The first-order valence-corrected chi connectivity index (χ1v) is 13.7. The number of carbonyl (C=O) groups excluding carboxylic acids is 3. The van der Waals surface area contributed by atoms with E-state index >= 15 is 0 Å². The fraction of sp³-hybridized carbons (Fsp3) is 0.406. The van der Waals surface area contributed by atoms with Gasteiger partial charge >= 0.3 is 5.97 Å². The van der Waals surface area contributed by atoms with Crippen LogP contribution in [0.1, 0.15) is 42.4 Å². The molecular formula is C32H40N2O6. The number of nitrogens with zero attached hydrogens (tertiary/aromatic N) is 1. The van der Waals surface area contributed by atoms with Crippen LogP contribution in [0.25, 0.3) is 0 Å². The molecule has 3 rings (SSSR count). The normalized spacial score (nSPS) is 15.8. The summed E-state index contributed by atoms with van der Waals surface area (Å²) in [6.45, 7) is 8.02. The van der Waals surface area contributed by atoms with E-state index in [1.54, 1.807) is 17.1 Å². The molecule has 1 aliphatic rings.